The third-order valence-electron chi connectivity index (χ3n) is 3.54. The van der Waals surface area contributed by atoms with Crippen LogP contribution in [0.15, 0.2) is 48.5 Å². The molecule has 0 saturated carbocycles. The highest BCUT2D eigenvalue weighted by molar-refractivity contribution is 5.76. The van der Waals surface area contributed by atoms with Gasteiger partial charge in [0.25, 0.3) is 0 Å². The average molecular weight is 337 g/mol. The van der Waals surface area contributed by atoms with Crippen LogP contribution < -0.4 is 5.73 Å². The van der Waals surface area contributed by atoms with Crippen molar-refractivity contribution in [3.05, 3.63) is 59.7 Å². The van der Waals surface area contributed by atoms with E-state index < -0.39 is 23.8 Å². The molecule has 0 aromatic heterocycles. The molecule has 0 saturated heterocycles. The zero-order valence-corrected chi connectivity index (χ0v) is 13.1. The van der Waals surface area contributed by atoms with E-state index in [0.717, 1.165) is 23.3 Å². The first-order valence-electron chi connectivity index (χ1n) is 7.50. The van der Waals surface area contributed by atoms with Gasteiger partial charge < -0.3 is 10.5 Å². The summed E-state index contributed by atoms with van der Waals surface area (Å²) in [7, 11) is 0. The number of ether oxygens (including phenoxy) is 1. The molecule has 0 bridgehead atoms. The molecule has 0 aliphatic carbocycles. The molecule has 2 aromatic carbocycles. The Bertz CT molecular complexity index is 679. The maximum atomic E-state index is 12.6. The minimum absolute atomic E-state index is 0.277. The third kappa shape index (κ3) is 4.58. The Kier molecular flexibility index (Phi) is 5.62. The van der Waals surface area contributed by atoms with Gasteiger partial charge in [-0.05, 0) is 42.2 Å². The summed E-state index contributed by atoms with van der Waals surface area (Å²) in [4.78, 5) is 11.5. The van der Waals surface area contributed by atoms with Gasteiger partial charge in [0.2, 0.25) is 0 Å². The number of carbonyl (C=O) groups excluding carboxylic acids is 1. The quantitative estimate of drug-likeness (QED) is 0.844. The lowest BCUT2D eigenvalue weighted by molar-refractivity contribution is -0.144. The van der Waals surface area contributed by atoms with Crippen LogP contribution in [0, 0.1) is 0 Å². The topological polar surface area (TPSA) is 52.3 Å². The van der Waals surface area contributed by atoms with Crippen molar-refractivity contribution in [1.29, 1.82) is 0 Å². The number of hydrogen-bond acceptors (Lipinski definition) is 3. The fraction of sp³-hybridized carbons (Fsp3) is 0.278. The van der Waals surface area contributed by atoms with Crippen LogP contribution in [0.3, 0.4) is 0 Å². The fourth-order valence-corrected chi connectivity index (χ4v) is 2.27. The molecule has 128 valence electrons. The predicted molar refractivity (Wildman–Crippen MR) is 85.2 cm³/mol. The van der Waals surface area contributed by atoms with Crippen LogP contribution in [-0.2, 0) is 22.1 Å². The van der Waals surface area contributed by atoms with E-state index in [0.29, 0.717) is 12.0 Å². The monoisotopic (exact) mass is 337 g/mol. The lowest BCUT2D eigenvalue weighted by atomic mass is 10.00. The van der Waals surface area contributed by atoms with Gasteiger partial charge in [-0.3, -0.25) is 4.79 Å². The van der Waals surface area contributed by atoms with E-state index in [2.05, 4.69) is 0 Å². The Morgan fingerprint density at radius 3 is 2.00 bits per heavy atom. The smallest absolute Gasteiger partial charge is 0.416 e. The van der Waals surface area contributed by atoms with Crippen LogP contribution in [0.4, 0.5) is 13.2 Å². The average Bonchev–Trinajstić information content (AvgIpc) is 2.55. The molecule has 1 atom stereocenters. The number of alkyl halides is 3. The van der Waals surface area contributed by atoms with Gasteiger partial charge in [0.1, 0.15) is 6.04 Å². The van der Waals surface area contributed by atoms with Gasteiger partial charge in [0, 0.05) is 0 Å². The molecular weight excluding hydrogens is 319 g/mol. The third-order valence-corrected chi connectivity index (χ3v) is 3.54. The molecule has 0 radical (unpaired) electrons. The van der Waals surface area contributed by atoms with Crippen LogP contribution >= 0.6 is 0 Å². The van der Waals surface area contributed by atoms with Crippen molar-refractivity contribution >= 4 is 5.97 Å². The molecule has 0 heterocycles. The highest BCUT2D eigenvalue weighted by Crippen LogP contribution is 2.31. The molecule has 0 aliphatic heterocycles. The molecule has 0 amide bonds. The summed E-state index contributed by atoms with van der Waals surface area (Å²) in [5, 5.41) is 0. The minimum atomic E-state index is -4.34. The molecule has 24 heavy (non-hydrogen) atoms. The summed E-state index contributed by atoms with van der Waals surface area (Å²) in [6.07, 6.45) is -4.00. The number of nitrogens with two attached hydrogens (primary N) is 1. The molecule has 0 fully saturated rings. The van der Waals surface area contributed by atoms with Crippen LogP contribution in [0.25, 0.3) is 11.1 Å². The summed E-state index contributed by atoms with van der Waals surface area (Å²) in [5.41, 5.74) is 7.41. The largest absolute Gasteiger partial charge is 0.465 e. The van der Waals surface area contributed by atoms with E-state index in [-0.39, 0.29) is 6.61 Å². The van der Waals surface area contributed by atoms with E-state index in [1.165, 1.54) is 12.1 Å². The first-order chi connectivity index (χ1) is 11.3. The summed E-state index contributed by atoms with van der Waals surface area (Å²) in [5.74, 6) is -0.454. The van der Waals surface area contributed by atoms with E-state index in [1.54, 1.807) is 31.2 Å². The Morgan fingerprint density at radius 1 is 1.04 bits per heavy atom. The van der Waals surface area contributed by atoms with Crippen molar-refractivity contribution in [3.63, 3.8) is 0 Å². The Labute approximate surface area is 138 Å². The molecule has 3 nitrogen and oxygen atoms in total. The molecule has 0 spiro atoms. The van der Waals surface area contributed by atoms with Gasteiger partial charge in [-0.1, -0.05) is 36.4 Å². The van der Waals surface area contributed by atoms with Gasteiger partial charge in [-0.15, -0.1) is 0 Å². The fourth-order valence-electron chi connectivity index (χ4n) is 2.27. The molecular formula is C18H18F3NO2. The lowest BCUT2D eigenvalue weighted by Gasteiger charge is -2.11. The van der Waals surface area contributed by atoms with E-state index >= 15 is 0 Å². The Morgan fingerprint density at radius 2 is 1.54 bits per heavy atom. The normalized spacial score (nSPS) is 12.7. The van der Waals surface area contributed by atoms with Crippen molar-refractivity contribution in [2.75, 3.05) is 6.61 Å². The SMILES string of the molecule is CCOC(=O)C(N)Cc1ccc(-c2ccc(C(F)(F)F)cc2)cc1. The molecule has 2 aromatic rings. The number of benzene rings is 2. The molecule has 6 heteroatoms. The Balaban J connectivity index is 2.08. The number of halogens is 3. The van der Waals surface area contributed by atoms with Crippen molar-refractivity contribution < 1.29 is 22.7 Å². The zero-order valence-electron chi connectivity index (χ0n) is 13.1. The molecule has 2 rings (SSSR count). The Hall–Kier alpha value is -2.34. The van der Waals surface area contributed by atoms with Gasteiger partial charge in [0.15, 0.2) is 0 Å². The van der Waals surface area contributed by atoms with Crippen LogP contribution in [0.2, 0.25) is 0 Å². The van der Waals surface area contributed by atoms with Crippen LogP contribution in [0.1, 0.15) is 18.1 Å². The second kappa shape index (κ2) is 7.49. The zero-order chi connectivity index (χ0) is 17.7. The van der Waals surface area contributed by atoms with Gasteiger partial charge in [0.05, 0.1) is 12.2 Å². The van der Waals surface area contributed by atoms with Crippen molar-refractivity contribution in [1.82, 2.24) is 0 Å². The summed E-state index contributed by atoms with van der Waals surface area (Å²) in [6.45, 7) is 1.99. The van der Waals surface area contributed by atoms with E-state index in [1.807, 2.05) is 0 Å². The van der Waals surface area contributed by atoms with Gasteiger partial charge >= 0.3 is 12.1 Å². The van der Waals surface area contributed by atoms with Crippen molar-refractivity contribution in [3.8, 4) is 11.1 Å². The van der Waals surface area contributed by atoms with Crippen molar-refractivity contribution in [2.45, 2.75) is 25.6 Å². The maximum absolute atomic E-state index is 12.6. The molecule has 0 aliphatic rings. The molecule has 1 unspecified atom stereocenters. The second-order valence-corrected chi connectivity index (χ2v) is 5.33. The highest BCUT2D eigenvalue weighted by Gasteiger charge is 2.29. The summed E-state index contributed by atoms with van der Waals surface area (Å²) < 4.78 is 42.6. The number of esters is 1. The second-order valence-electron chi connectivity index (χ2n) is 5.33. The highest BCUT2D eigenvalue weighted by atomic mass is 19.4. The standard InChI is InChI=1S/C18H18F3NO2/c1-2-24-17(23)16(22)11-12-3-5-13(6-4-12)14-7-9-15(10-8-14)18(19,20)21/h3-10,16H,2,11,22H2,1H3. The number of carbonyl (C=O) groups is 1. The first kappa shape index (κ1) is 18.0. The van der Waals surface area contributed by atoms with E-state index in [4.69, 9.17) is 10.5 Å². The van der Waals surface area contributed by atoms with Crippen LogP contribution in [0.5, 0.6) is 0 Å². The predicted octanol–water partition coefficient (Wildman–Crippen LogP) is 3.81. The van der Waals surface area contributed by atoms with E-state index in [9.17, 15) is 18.0 Å². The lowest BCUT2D eigenvalue weighted by Crippen LogP contribution is -2.34. The van der Waals surface area contributed by atoms with Gasteiger partial charge in [-0.2, -0.15) is 13.2 Å². The first-order valence-corrected chi connectivity index (χ1v) is 7.50. The number of rotatable bonds is 5. The van der Waals surface area contributed by atoms with Crippen molar-refractivity contribution in [2.24, 2.45) is 5.73 Å². The minimum Gasteiger partial charge on any atom is -0.465 e. The summed E-state index contributed by atoms with van der Waals surface area (Å²) >= 11 is 0. The van der Waals surface area contributed by atoms with Crippen LogP contribution in [-0.4, -0.2) is 18.6 Å². The molecule has 2 N–H and O–H groups in total. The summed E-state index contributed by atoms with van der Waals surface area (Å²) in [6, 6.07) is 11.4. The maximum Gasteiger partial charge on any atom is 0.416 e. The number of hydrogen-bond donors (Lipinski definition) is 1. The van der Waals surface area contributed by atoms with Gasteiger partial charge in [-0.25, -0.2) is 0 Å².